The highest BCUT2D eigenvalue weighted by molar-refractivity contribution is 5.45. The van der Waals surface area contributed by atoms with Gasteiger partial charge < -0.3 is 10.5 Å². The summed E-state index contributed by atoms with van der Waals surface area (Å²) in [5, 5.41) is 0. The third-order valence-electron chi connectivity index (χ3n) is 3.86. The quantitative estimate of drug-likeness (QED) is 0.788. The molecule has 1 atom stereocenters. The molecule has 2 aliphatic heterocycles. The summed E-state index contributed by atoms with van der Waals surface area (Å²) in [5.41, 5.74) is 9.62. The van der Waals surface area contributed by atoms with Crippen molar-refractivity contribution in [1.82, 2.24) is 4.90 Å². The number of ether oxygens (including phenoxy) is 1. The summed E-state index contributed by atoms with van der Waals surface area (Å²) >= 11 is 0. The SMILES string of the molecule is Nc1ccc2c(c1)CN(CC1CCOC1)CC2. The second-order valence-corrected chi connectivity index (χ2v) is 5.24. The number of fused-ring (bicyclic) bond motifs is 1. The lowest BCUT2D eigenvalue weighted by atomic mass is 9.98. The van der Waals surface area contributed by atoms with E-state index in [9.17, 15) is 0 Å². The summed E-state index contributed by atoms with van der Waals surface area (Å²) in [6, 6.07) is 6.33. The first-order valence-corrected chi connectivity index (χ1v) is 6.48. The molecule has 2 N–H and O–H groups in total. The van der Waals surface area contributed by atoms with Crippen LogP contribution in [0.15, 0.2) is 18.2 Å². The molecular formula is C14H20N2O. The van der Waals surface area contributed by atoms with Crippen molar-refractivity contribution < 1.29 is 4.74 Å². The molecule has 17 heavy (non-hydrogen) atoms. The van der Waals surface area contributed by atoms with Gasteiger partial charge in [-0.25, -0.2) is 0 Å². The summed E-state index contributed by atoms with van der Waals surface area (Å²) in [6.07, 6.45) is 2.38. The number of rotatable bonds is 2. The lowest BCUT2D eigenvalue weighted by molar-refractivity contribution is 0.162. The van der Waals surface area contributed by atoms with Gasteiger partial charge in [-0.2, -0.15) is 0 Å². The minimum absolute atomic E-state index is 0.734. The van der Waals surface area contributed by atoms with Crippen molar-refractivity contribution in [3.8, 4) is 0 Å². The highest BCUT2D eigenvalue weighted by Crippen LogP contribution is 2.23. The topological polar surface area (TPSA) is 38.5 Å². The van der Waals surface area contributed by atoms with Gasteiger partial charge in [0.15, 0.2) is 0 Å². The Labute approximate surface area is 103 Å². The van der Waals surface area contributed by atoms with E-state index in [1.807, 2.05) is 6.07 Å². The lowest BCUT2D eigenvalue weighted by Gasteiger charge is -2.30. The fourth-order valence-electron chi connectivity index (χ4n) is 2.88. The summed E-state index contributed by atoms with van der Waals surface area (Å²) in [6.45, 7) is 5.29. The van der Waals surface area contributed by atoms with Gasteiger partial charge in [0.2, 0.25) is 0 Å². The Balaban J connectivity index is 1.67. The minimum atomic E-state index is 0.734. The van der Waals surface area contributed by atoms with Gasteiger partial charge in [-0.1, -0.05) is 6.07 Å². The van der Waals surface area contributed by atoms with Crippen molar-refractivity contribution in [3.05, 3.63) is 29.3 Å². The minimum Gasteiger partial charge on any atom is -0.399 e. The number of benzene rings is 1. The molecule has 0 aromatic heterocycles. The second-order valence-electron chi connectivity index (χ2n) is 5.24. The first-order chi connectivity index (χ1) is 8.31. The highest BCUT2D eigenvalue weighted by atomic mass is 16.5. The van der Waals surface area contributed by atoms with Crippen molar-refractivity contribution in [3.63, 3.8) is 0 Å². The van der Waals surface area contributed by atoms with E-state index in [4.69, 9.17) is 10.5 Å². The van der Waals surface area contributed by atoms with Crippen LogP contribution in [-0.2, 0) is 17.7 Å². The van der Waals surface area contributed by atoms with Crippen LogP contribution < -0.4 is 5.73 Å². The fourth-order valence-corrected chi connectivity index (χ4v) is 2.88. The summed E-state index contributed by atoms with van der Waals surface area (Å²) in [7, 11) is 0. The molecule has 1 aromatic carbocycles. The molecule has 3 rings (SSSR count). The number of hydrogen-bond acceptors (Lipinski definition) is 3. The molecule has 1 saturated heterocycles. The molecule has 0 spiro atoms. The van der Waals surface area contributed by atoms with Crippen molar-refractivity contribution in [2.45, 2.75) is 19.4 Å². The molecule has 0 amide bonds. The van der Waals surface area contributed by atoms with Crippen molar-refractivity contribution in [2.24, 2.45) is 5.92 Å². The van der Waals surface area contributed by atoms with Gasteiger partial charge in [0.05, 0.1) is 6.61 Å². The van der Waals surface area contributed by atoms with Gasteiger partial charge in [0, 0.05) is 31.9 Å². The zero-order chi connectivity index (χ0) is 11.7. The van der Waals surface area contributed by atoms with E-state index in [-0.39, 0.29) is 0 Å². The molecule has 2 heterocycles. The molecule has 3 nitrogen and oxygen atoms in total. The Kier molecular flexibility index (Phi) is 3.04. The molecule has 0 bridgehead atoms. The number of nitrogens with zero attached hydrogens (tertiary/aromatic N) is 1. The summed E-state index contributed by atoms with van der Waals surface area (Å²) < 4.78 is 5.44. The van der Waals surface area contributed by atoms with E-state index < -0.39 is 0 Å². The number of hydrogen-bond donors (Lipinski definition) is 1. The maximum atomic E-state index is 5.85. The van der Waals surface area contributed by atoms with Gasteiger partial charge in [-0.15, -0.1) is 0 Å². The standard InChI is InChI=1S/C14H20N2O/c15-14-2-1-12-3-5-16(9-13(12)7-14)8-11-4-6-17-10-11/h1-2,7,11H,3-6,8-10,15H2. The molecule has 1 aromatic rings. The number of nitrogens with two attached hydrogens (primary N) is 1. The third kappa shape index (κ3) is 2.45. The van der Waals surface area contributed by atoms with Crippen molar-refractivity contribution in [2.75, 3.05) is 32.0 Å². The predicted octanol–water partition coefficient (Wildman–Crippen LogP) is 1.66. The second kappa shape index (κ2) is 4.67. The van der Waals surface area contributed by atoms with Gasteiger partial charge in [-0.3, -0.25) is 4.90 Å². The van der Waals surface area contributed by atoms with Crippen LogP contribution >= 0.6 is 0 Å². The van der Waals surface area contributed by atoms with Crippen LogP contribution in [0.25, 0.3) is 0 Å². The Morgan fingerprint density at radius 2 is 2.29 bits per heavy atom. The Morgan fingerprint density at radius 1 is 1.35 bits per heavy atom. The average Bonchev–Trinajstić information content (AvgIpc) is 2.81. The fraction of sp³-hybridized carbons (Fsp3) is 0.571. The average molecular weight is 232 g/mol. The number of nitrogen functional groups attached to an aromatic ring is 1. The summed E-state index contributed by atoms with van der Waals surface area (Å²) in [5.74, 6) is 0.734. The molecule has 1 unspecified atom stereocenters. The van der Waals surface area contributed by atoms with E-state index in [1.54, 1.807) is 0 Å². The molecule has 1 fully saturated rings. The molecule has 0 saturated carbocycles. The molecule has 0 aliphatic carbocycles. The number of anilines is 1. The lowest BCUT2D eigenvalue weighted by Crippen LogP contribution is -2.34. The van der Waals surface area contributed by atoms with Crippen LogP contribution in [0, 0.1) is 5.92 Å². The van der Waals surface area contributed by atoms with Crippen molar-refractivity contribution in [1.29, 1.82) is 0 Å². The van der Waals surface area contributed by atoms with Crippen LogP contribution in [0.1, 0.15) is 17.5 Å². The van der Waals surface area contributed by atoms with Crippen LogP contribution in [0.5, 0.6) is 0 Å². The third-order valence-corrected chi connectivity index (χ3v) is 3.86. The van der Waals surface area contributed by atoms with Crippen LogP contribution in [0.3, 0.4) is 0 Å². The highest BCUT2D eigenvalue weighted by Gasteiger charge is 2.22. The smallest absolute Gasteiger partial charge is 0.0507 e. The monoisotopic (exact) mass is 232 g/mol. The normalized spacial score (nSPS) is 24.8. The van der Waals surface area contributed by atoms with Gasteiger partial charge in [-0.05, 0) is 42.0 Å². The molecule has 92 valence electrons. The van der Waals surface area contributed by atoms with E-state index in [0.717, 1.165) is 37.8 Å². The van der Waals surface area contributed by atoms with E-state index in [2.05, 4.69) is 17.0 Å². The van der Waals surface area contributed by atoms with Crippen LogP contribution in [0.2, 0.25) is 0 Å². The zero-order valence-electron chi connectivity index (χ0n) is 10.2. The molecule has 3 heteroatoms. The Bertz CT molecular complexity index is 399. The maximum Gasteiger partial charge on any atom is 0.0507 e. The Hall–Kier alpha value is -1.06. The van der Waals surface area contributed by atoms with E-state index in [0.29, 0.717) is 0 Å². The van der Waals surface area contributed by atoms with Crippen LogP contribution in [-0.4, -0.2) is 31.2 Å². The summed E-state index contributed by atoms with van der Waals surface area (Å²) in [4.78, 5) is 2.54. The van der Waals surface area contributed by atoms with Crippen LogP contribution in [0.4, 0.5) is 5.69 Å². The Morgan fingerprint density at radius 3 is 3.12 bits per heavy atom. The first kappa shape index (κ1) is 11.1. The largest absolute Gasteiger partial charge is 0.399 e. The van der Waals surface area contributed by atoms with Gasteiger partial charge >= 0.3 is 0 Å². The van der Waals surface area contributed by atoms with Gasteiger partial charge in [0.1, 0.15) is 0 Å². The predicted molar refractivity (Wildman–Crippen MR) is 68.8 cm³/mol. The molecule has 0 radical (unpaired) electrons. The first-order valence-electron chi connectivity index (χ1n) is 6.48. The maximum absolute atomic E-state index is 5.85. The van der Waals surface area contributed by atoms with Crippen molar-refractivity contribution >= 4 is 5.69 Å². The molecular weight excluding hydrogens is 212 g/mol. The molecule has 2 aliphatic rings. The van der Waals surface area contributed by atoms with Gasteiger partial charge in [0.25, 0.3) is 0 Å². The van der Waals surface area contributed by atoms with E-state index in [1.165, 1.54) is 30.6 Å². The zero-order valence-corrected chi connectivity index (χ0v) is 10.2. The van der Waals surface area contributed by atoms with E-state index >= 15 is 0 Å².